The monoisotopic (exact) mass is 288 g/mol. The summed E-state index contributed by atoms with van der Waals surface area (Å²) in [6.07, 6.45) is 1.20. The number of hydrogen-bond acceptors (Lipinski definition) is 4. The molecule has 1 aromatic carbocycles. The number of piperazine rings is 1. The van der Waals surface area contributed by atoms with E-state index < -0.39 is 9.84 Å². The number of rotatable bonds is 3. The van der Waals surface area contributed by atoms with Crippen LogP contribution >= 0.6 is 11.6 Å². The van der Waals surface area contributed by atoms with Gasteiger partial charge in [-0.25, -0.2) is 8.42 Å². The molecule has 1 aromatic rings. The van der Waals surface area contributed by atoms with E-state index in [4.69, 9.17) is 11.6 Å². The lowest BCUT2D eigenvalue weighted by atomic mass is 10.2. The molecule has 2 rings (SSSR count). The predicted molar refractivity (Wildman–Crippen MR) is 72.7 cm³/mol. The minimum Gasteiger partial charge on any atom is -0.314 e. The zero-order valence-corrected chi connectivity index (χ0v) is 11.9. The Morgan fingerprint density at radius 3 is 2.56 bits per heavy atom. The average Bonchev–Trinajstić information content (AvgIpc) is 2.28. The van der Waals surface area contributed by atoms with E-state index >= 15 is 0 Å². The van der Waals surface area contributed by atoms with Crippen LogP contribution in [-0.2, 0) is 16.4 Å². The van der Waals surface area contributed by atoms with Crippen molar-refractivity contribution in [2.24, 2.45) is 0 Å². The minimum atomic E-state index is -3.20. The van der Waals surface area contributed by atoms with Gasteiger partial charge in [0.15, 0.2) is 9.84 Å². The fraction of sp³-hybridized carbons (Fsp3) is 0.500. The van der Waals surface area contributed by atoms with E-state index in [0.717, 1.165) is 38.3 Å². The Kier molecular flexibility index (Phi) is 4.27. The summed E-state index contributed by atoms with van der Waals surface area (Å²) in [4.78, 5) is 2.58. The van der Waals surface area contributed by atoms with Crippen LogP contribution in [0.4, 0.5) is 0 Å². The number of benzene rings is 1. The van der Waals surface area contributed by atoms with Gasteiger partial charge in [0.1, 0.15) is 0 Å². The van der Waals surface area contributed by atoms with E-state index in [1.807, 2.05) is 6.07 Å². The van der Waals surface area contributed by atoms with Gasteiger partial charge < -0.3 is 5.32 Å². The summed E-state index contributed by atoms with van der Waals surface area (Å²) in [5.41, 5.74) is 0.949. The molecule has 1 heterocycles. The maximum absolute atomic E-state index is 11.5. The molecule has 0 unspecified atom stereocenters. The molecule has 1 aliphatic heterocycles. The van der Waals surface area contributed by atoms with Gasteiger partial charge in [0, 0.05) is 44.0 Å². The third-order valence-electron chi connectivity index (χ3n) is 2.98. The second-order valence-corrected chi connectivity index (χ2v) is 7.05. The second-order valence-electron chi connectivity index (χ2n) is 4.59. The number of nitrogens with zero attached hydrogens (tertiary/aromatic N) is 1. The number of sulfone groups is 1. The van der Waals surface area contributed by atoms with Gasteiger partial charge in [-0.2, -0.15) is 0 Å². The van der Waals surface area contributed by atoms with Crippen molar-refractivity contribution in [3.8, 4) is 0 Å². The Hall–Kier alpha value is -0.620. The van der Waals surface area contributed by atoms with Gasteiger partial charge in [-0.15, -0.1) is 0 Å². The zero-order chi connectivity index (χ0) is 13.2. The Balaban J connectivity index is 2.20. The van der Waals surface area contributed by atoms with Crippen molar-refractivity contribution in [1.29, 1.82) is 0 Å². The fourth-order valence-electron chi connectivity index (χ4n) is 2.05. The van der Waals surface area contributed by atoms with Gasteiger partial charge in [-0.05, 0) is 23.8 Å². The van der Waals surface area contributed by atoms with Gasteiger partial charge in [0.25, 0.3) is 0 Å². The average molecular weight is 289 g/mol. The van der Waals surface area contributed by atoms with Crippen LogP contribution in [0.3, 0.4) is 0 Å². The SMILES string of the molecule is CS(=O)(=O)c1cc(Cl)cc(CN2CCNCC2)c1. The van der Waals surface area contributed by atoms with Crippen molar-refractivity contribution >= 4 is 21.4 Å². The largest absolute Gasteiger partial charge is 0.314 e. The Labute approximate surface area is 113 Å². The van der Waals surface area contributed by atoms with E-state index in [1.54, 1.807) is 6.07 Å². The lowest BCUT2D eigenvalue weighted by Gasteiger charge is -2.27. The lowest BCUT2D eigenvalue weighted by Crippen LogP contribution is -2.42. The topological polar surface area (TPSA) is 49.4 Å². The smallest absolute Gasteiger partial charge is 0.175 e. The first kappa shape index (κ1) is 13.8. The molecule has 0 atom stereocenters. The van der Waals surface area contributed by atoms with Crippen LogP contribution in [0.15, 0.2) is 23.1 Å². The van der Waals surface area contributed by atoms with Crippen molar-refractivity contribution < 1.29 is 8.42 Å². The van der Waals surface area contributed by atoms with Crippen molar-refractivity contribution in [3.63, 3.8) is 0 Å². The zero-order valence-electron chi connectivity index (χ0n) is 10.3. The summed E-state index contributed by atoms with van der Waals surface area (Å²) in [7, 11) is -3.20. The van der Waals surface area contributed by atoms with Crippen molar-refractivity contribution in [3.05, 3.63) is 28.8 Å². The summed E-state index contributed by atoms with van der Waals surface area (Å²) in [5.74, 6) is 0. The van der Waals surface area contributed by atoms with Crippen LogP contribution in [0.2, 0.25) is 5.02 Å². The highest BCUT2D eigenvalue weighted by Crippen LogP contribution is 2.20. The molecule has 0 bridgehead atoms. The van der Waals surface area contributed by atoms with Crippen molar-refractivity contribution in [2.45, 2.75) is 11.4 Å². The number of hydrogen-bond donors (Lipinski definition) is 1. The van der Waals surface area contributed by atoms with Gasteiger partial charge in [-0.1, -0.05) is 11.6 Å². The highest BCUT2D eigenvalue weighted by molar-refractivity contribution is 7.90. The summed E-state index contributed by atoms with van der Waals surface area (Å²) in [6.45, 7) is 4.63. The summed E-state index contributed by atoms with van der Waals surface area (Å²) in [5, 5.41) is 3.76. The number of nitrogens with one attached hydrogen (secondary N) is 1. The quantitative estimate of drug-likeness (QED) is 0.906. The molecular formula is C12H17ClN2O2S. The molecule has 1 fully saturated rings. The van der Waals surface area contributed by atoms with Gasteiger partial charge >= 0.3 is 0 Å². The van der Waals surface area contributed by atoms with E-state index in [9.17, 15) is 8.42 Å². The van der Waals surface area contributed by atoms with E-state index in [2.05, 4.69) is 10.2 Å². The highest BCUT2D eigenvalue weighted by atomic mass is 35.5. The molecule has 0 saturated carbocycles. The van der Waals surface area contributed by atoms with Crippen LogP contribution in [0.1, 0.15) is 5.56 Å². The standard InChI is InChI=1S/C12H17ClN2O2S/c1-18(16,17)12-7-10(6-11(13)8-12)9-15-4-2-14-3-5-15/h6-8,14H,2-5,9H2,1H3. The first-order valence-electron chi connectivity index (χ1n) is 5.88. The normalized spacial score (nSPS) is 17.9. The minimum absolute atomic E-state index is 0.292. The molecule has 1 aliphatic rings. The van der Waals surface area contributed by atoms with Crippen LogP contribution in [-0.4, -0.2) is 45.8 Å². The van der Waals surface area contributed by atoms with Gasteiger partial charge in [-0.3, -0.25) is 4.90 Å². The molecule has 100 valence electrons. The second kappa shape index (κ2) is 5.57. The first-order valence-corrected chi connectivity index (χ1v) is 8.15. The summed E-state index contributed by atoms with van der Waals surface area (Å²) < 4.78 is 23.1. The van der Waals surface area contributed by atoms with Crippen molar-refractivity contribution in [1.82, 2.24) is 10.2 Å². The molecule has 0 amide bonds. The van der Waals surface area contributed by atoms with Crippen LogP contribution < -0.4 is 5.32 Å². The Morgan fingerprint density at radius 2 is 1.94 bits per heavy atom. The lowest BCUT2D eigenvalue weighted by molar-refractivity contribution is 0.233. The highest BCUT2D eigenvalue weighted by Gasteiger charge is 2.13. The van der Waals surface area contributed by atoms with Crippen LogP contribution in [0.25, 0.3) is 0 Å². The number of halogens is 1. The molecule has 6 heteroatoms. The maximum atomic E-state index is 11.5. The molecule has 4 nitrogen and oxygen atoms in total. The maximum Gasteiger partial charge on any atom is 0.175 e. The predicted octanol–water partition coefficient (Wildman–Crippen LogP) is 1.15. The first-order chi connectivity index (χ1) is 8.45. The third kappa shape index (κ3) is 3.68. The molecule has 0 spiro atoms. The summed E-state index contributed by atoms with van der Waals surface area (Å²) >= 11 is 5.98. The van der Waals surface area contributed by atoms with E-state index in [1.165, 1.54) is 12.3 Å². The summed E-state index contributed by atoms with van der Waals surface area (Å²) in [6, 6.07) is 5.04. The van der Waals surface area contributed by atoms with E-state index in [-0.39, 0.29) is 0 Å². The third-order valence-corrected chi connectivity index (χ3v) is 4.29. The van der Waals surface area contributed by atoms with Gasteiger partial charge in [0.2, 0.25) is 0 Å². The van der Waals surface area contributed by atoms with Crippen molar-refractivity contribution in [2.75, 3.05) is 32.4 Å². The molecule has 1 N–H and O–H groups in total. The van der Waals surface area contributed by atoms with Crippen LogP contribution in [0, 0.1) is 0 Å². The molecule has 0 radical (unpaired) electrons. The molecule has 1 saturated heterocycles. The van der Waals surface area contributed by atoms with Gasteiger partial charge in [0.05, 0.1) is 4.90 Å². The van der Waals surface area contributed by atoms with E-state index in [0.29, 0.717) is 9.92 Å². The molecular weight excluding hydrogens is 272 g/mol. The Bertz CT molecular complexity index is 525. The molecule has 0 aromatic heterocycles. The Morgan fingerprint density at radius 1 is 1.28 bits per heavy atom. The van der Waals surface area contributed by atoms with Crippen LogP contribution in [0.5, 0.6) is 0 Å². The fourth-order valence-corrected chi connectivity index (χ4v) is 3.08. The molecule has 18 heavy (non-hydrogen) atoms. The molecule has 0 aliphatic carbocycles.